The van der Waals surface area contributed by atoms with E-state index < -0.39 is 110 Å². The summed E-state index contributed by atoms with van der Waals surface area (Å²) in [5, 5.41) is 20.6. The van der Waals surface area contributed by atoms with Crippen LogP contribution in [0.3, 0.4) is 0 Å². The van der Waals surface area contributed by atoms with Gasteiger partial charge in [0, 0.05) is 11.5 Å². The van der Waals surface area contributed by atoms with E-state index >= 15 is 8.78 Å². The smallest absolute Gasteiger partial charge is 0.335 e. The SMILES string of the molecule is COc1ccc(O)c(C2C3=CCC4C(=O)N(c5cccc(C(=O)O)c5)C(=O)C4C3CC3(Cl)C(=O)N(c4c(F)c(F)c(F)c(F)c4F)C(=O)C23Cl)c1. The summed E-state index contributed by atoms with van der Waals surface area (Å²) in [6, 6.07) is 8.69. The van der Waals surface area contributed by atoms with E-state index in [9.17, 15) is 47.4 Å². The first-order valence-corrected chi connectivity index (χ1v) is 15.8. The van der Waals surface area contributed by atoms with E-state index in [1.165, 1.54) is 43.5 Å². The second-order valence-corrected chi connectivity index (χ2v) is 13.7. The lowest BCUT2D eigenvalue weighted by molar-refractivity contribution is -0.125. The van der Waals surface area contributed by atoms with Crippen molar-refractivity contribution >= 4 is 64.2 Å². The van der Waals surface area contributed by atoms with Gasteiger partial charge >= 0.3 is 5.97 Å². The monoisotopic (exact) mass is 750 g/mol. The predicted octanol–water partition coefficient (Wildman–Crippen LogP) is 5.56. The maximum atomic E-state index is 15.2. The van der Waals surface area contributed by atoms with Gasteiger partial charge in [-0.3, -0.25) is 24.1 Å². The molecule has 4 aliphatic rings. The number of carboxylic acid groups (broad SMARTS) is 1. The van der Waals surface area contributed by atoms with E-state index in [2.05, 4.69) is 0 Å². The zero-order valence-electron chi connectivity index (χ0n) is 25.7. The number of phenols is 1. The predicted molar refractivity (Wildman–Crippen MR) is 167 cm³/mol. The van der Waals surface area contributed by atoms with Gasteiger partial charge in [0.2, 0.25) is 17.6 Å². The van der Waals surface area contributed by atoms with E-state index in [0.29, 0.717) is 0 Å². The average molecular weight is 751 g/mol. The van der Waals surface area contributed by atoms with Crippen molar-refractivity contribution in [3.63, 3.8) is 0 Å². The van der Waals surface area contributed by atoms with Gasteiger partial charge in [0.05, 0.1) is 30.2 Å². The molecule has 4 amide bonds. The minimum absolute atomic E-state index is 0.0736. The maximum Gasteiger partial charge on any atom is 0.335 e. The number of carbonyl (C=O) groups excluding carboxylic acids is 4. The first kappa shape index (κ1) is 34.4. The van der Waals surface area contributed by atoms with E-state index in [4.69, 9.17) is 27.9 Å². The first-order chi connectivity index (χ1) is 24.0. The van der Waals surface area contributed by atoms with Crippen molar-refractivity contribution in [1.29, 1.82) is 0 Å². The summed E-state index contributed by atoms with van der Waals surface area (Å²) >= 11 is 14.2. The van der Waals surface area contributed by atoms with Crippen molar-refractivity contribution in [2.24, 2.45) is 17.8 Å². The summed E-state index contributed by atoms with van der Waals surface area (Å²) < 4.78 is 78.6. The Morgan fingerprint density at radius 1 is 0.863 bits per heavy atom. The molecular weight excluding hydrogens is 730 g/mol. The lowest BCUT2D eigenvalue weighted by Crippen LogP contribution is -2.60. The molecule has 2 aliphatic heterocycles. The minimum atomic E-state index is -2.84. The summed E-state index contributed by atoms with van der Waals surface area (Å²) in [7, 11) is 1.26. The van der Waals surface area contributed by atoms with Crippen molar-refractivity contribution in [3.8, 4) is 11.5 Å². The number of hydrogen-bond donors (Lipinski definition) is 2. The highest BCUT2D eigenvalue weighted by atomic mass is 35.5. The fourth-order valence-electron chi connectivity index (χ4n) is 7.84. The number of benzene rings is 3. The summed E-state index contributed by atoms with van der Waals surface area (Å²) in [4.78, 5) is 63.1. The number of alkyl halides is 2. The third-order valence-electron chi connectivity index (χ3n) is 10.1. The van der Waals surface area contributed by atoms with Gasteiger partial charge in [0.25, 0.3) is 11.8 Å². The van der Waals surface area contributed by atoms with Crippen LogP contribution in [0.1, 0.15) is 34.7 Å². The molecule has 6 atom stereocenters. The van der Waals surface area contributed by atoms with Crippen LogP contribution in [0.25, 0.3) is 0 Å². The van der Waals surface area contributed by atoms with Gasteiger partial charge in [-0.1, -0.05) is 17.7 Å². The number of carbonyl (C=O) groups is 5. The Bertz CT molecular complexity index is 2150. The van der Waals surface area contributed by atoms with Crippen molar-refractivity contribution in [1.82, 2.24) is 0 Å². The van der Waals surface area contributed by atoms with Gasteiger partial charge in [-0.25, -0.2) is 31.6 Å². The third kappa shape index (κ3) is 4.43. The maximum absolute atomic E-state index is 15.2. The zero-order valence-corrected chi connectivity index (χ0v) is 27.2. The lowest BCUT2D eigenvalue weighted by atomic mass is 9.56. The van der Waals surface area contributed by atoms with Gasteiger partial charge in [-0.2, -0.15) is 0 Å². The summed E-state index contributed by atoms with van der Waals surface area (Å²) in [6.45, 7) is 0. The molecule has 2 N–H and O–H groups in total. The largest absolute Gasteiger partial charge is 0.508 e. The highest BCUT2D eigenvalue weighted by molar-refractivity contribution is 6.58. The molecule has 51 heavy (non-hydrogen) atoms. The number of nitrogens with zero attached hydrogens (tertiary/aromatic N) is 2. The van der Waals surface area contributed by atoms with E-state index in [-0.39, 0.29) is 39.5 Å². The number of hydrogen-bond acceptors (Lipinski definition) is 7. The van der Waals surface area contributed by atoms with E-state index in [0.717, 1.165) is 17.0 Å². The molecule has 0 radical (unpaired) electrons. The fourth-order valence-corrected chi connectivity index (χ4v) is 8.76. The molecule has 10 nitrogen and oxygen atoms in total. The molecule has 1 saturated carbocycles. The molecule has 3 fully saturated rings. The van der Waals surface area contributed by atoms with Crippen molar-refractivity contribution in [2.45, 2.75) is 28.5 Å². The number of aromatic carboxylic acids is 1. The van der Waals surface area contributed by atoms with Crippen LogP contribution in [0, 0.1) is 46.8 Å². The van der Waals surface area contributed by atoms with Gasteiger partial charge in [-0.15, -0.1) is 23.2 Å². The van der Waals surface area contributed by atoms with Crippen molar-refractivity contribution in [2.75, 3.05) is 16.9 Å². The van der Waals surface area contributed by atoms with Crippen LogP contribution < -0.4 is 14.5 Å². The Kier molecular flexibility index (Phi) is 7.76. The van der Waals surface area contributed by atoms with E-state index in [1.54, 1.807) is 0 Å². The molecule has 2 aliphatic carbocycles. The molecule has 3 aromatic rings. The molecule has 264 valence electrons. The van der Waals surface area contributed by atoms with Gasteiger partial charge in [0.1, 0.15) is 17.2 Å². The Labute approximate surface area is 293 Å². The average Bonchev–Trinajstić information content (AvgIpc) is 3.45. The number of rotatable bonds is 5. The number of ether oxygens (including phenoxy) is 1. The van der Waals surface area contributed by atoms with Crippen molar-refractivity contribution < 1.29 is 60.9 Å². The topological polar surface area (TPSA) is 142 Å². The third-order valence-corrected chi connectivity index (χ3v) is 11.5. The molecular formula is C34H21Cl2F5N2O8. The van der Waals surface area contributed by atoms with Gasteiger partial charge in [0.15, 0.2) is 33.0 Å². The van der Waals surface area contributed by atoms with Gasteiger partial charge in [-0.05, 0) is 55.2 Å². The number of methoxy groups -OCH3 is 1. The number of amides is 4. The lowest BCUT2D eigenvalue weighted by Gasteiger charge is -2.50. The highest BCUT2D eigenvalue weighted by Crippen LogP contribution is 2.67. The first-order valence-electron chi connectivity index (χ1n) is 15.1. The van der Waals surface area contributed by atoms with Crippen LogP contribution in [-0.2, 0) is 19.2 Å². The summed E-state index contributed by atoms with van der Waals surface area (Å²) in [6.07, 6.45) is 0.533. The van der Waals surface area contributed by atoms with Crippen molar-refractivity contribution in [3.05, 3.63) is 94.3 Å². The molecule has 3 aromatic carbocycles. The van der Waals surface area contributed by atoms with Gasteiger partial charge < -0.3 is 14.9 Å². The molecule has 2 heterocycles. The Morgan fingerprint density at radius 3 is 2.14 bits per heavy atom. The zero-order chi connectivity index (χ0) is 37.1. The second kappa shape index (κ2) is 11.5. The molecule has 0 spiro atoms. The number of carboxylic acids is 1. The number of fused-ring (bicyclic) bond motifs is 4. The standard InChI is InChI=1S/C34H21Cl2F5N2O8/c1-51-14-5-8-19(44)17(10-14)21-15-6-7-16-20(29(46)42(28(16)45)13-4-2-3-12(9-13)30(47)48)18(15)11-33(35)31(49)43(32(50)34(21,33)36)27-25(40)23(38)22(37)24(39)26(27)41/h2-6,8-10,16,18,20-21,44H,7,11H2,1H3,(H,47,48). The molecule has 2 saturated heterocycles. The Morgan fingerprint density at radius 2 is 1.51 bits per heavy atom. The second-order valence-electron chi connectivity index (χ2n) is 12.5. The highest BCUT2D eigenvalue weighted by Gasteiger charge is 2.77. The number of imide groups is 2. The fraction of sp³-hybridized carbons (Fsp3) is 0.265. The minimum Gasteiger partial charge on any atom is -0.508 e. The normalized spacial score (nSPS) is 28.4. The molecule has 0 aromatic heterocycles. The molecule has 7 rings (SSSR count). The Hall–Kier alpha value is -5.02. The molecule has 0 bridgehead atoms. The van der Waals surface area contributed by atoms with Crippen LogP contribution in [0.5, 0.6) is 11.5 Å². The van der Waals surface area contributed by atoms with Crippen LogP contribution in [0.4, 0.5) is 33.3 Å². The van der Waals surface area contributed by atoms with Crippen LogP contribution >= 0.6 is 23.2 Å². The number of halogens is 7. The van der Waals surface area contributed by atoms with E-state index in [1.807, 2.05) is 0 Å². The molecule has 17 heteroatoms. The summed E-state index contributed by atoms with van der Waals surface area (Å²) in [5.74, 6) is -24.7. The molecule has 6 unspecified atom stereocenters. The quantitative estimate of drug-likeness (QED) is 0.0863. The van der Waals surface area contributed by atoms with Crippen LogP contribution in [0.2, 0.25) is 0 Å². The number of anilines is 2. The summed E-state index contributed by atoms with van der Waals surface area (Å²) in [5.41, 5.74) is -2.35. The Balaban J connectivity index is 1.44. The number of allylic oxidation sites excluding steroid dienone is 2. The van der Waals surface area contributed by atoms with Crippen LogP contribution in [-0.4, -0.2) is 56.7 Å². The van der Waals surface area contributed by atoms with Crippen LogP contribution in [0.15, 0.2) is 54.1 Å². The number of aromatic hydroxyl groups is 1. The number of phenolic OH excluding ortho intramolecular Hbond substituents is 1.